The van der Waals surface area contributed by atoms with Gasteiger partial charge in [-0.3, -0.25) is 0 Å². The SMILES string of the molecule is COc1cc(-n2nc(-c3ccnc(F)c3)c3c2CC(C)OC3)ccc1C(F)(F)F. The Hall–Kier alpha value is -2.94. The number of methoxy groups -OCH3 is 1. The van der Waals surface area contributed by atoms with Crippen molar-refractivity contribution in [3.05, 3.63) is 59.3 Å². The Kier molecular flexibility index (Phi) is 4.77. The Morgan fingerprint density at radius 2 is 2.00 bits per heavy atom. The zero-order valence-corrected chi connectivity index (χ0v) is 15.6. The van der Waals surface area contributed by atoms with Crippen molar-refractivity contribution in [1.29, 1.82) is 0 Å². The molecular weight excluding hydrogens is 390 g/mol. The van der Waals surface area contributed by atoms with E-state index in [0.29, 0.717) is 23.4 Å². The molecule has 9 heteroatoms. The van der Waals surface area contributed by atoms with Gasteiger partial charge >= 0.3 is 6.18 Å². The van der Waals surface area contributed by atoms with E-state index in [9.17, 15) is 17.6 Å². The fourth-order valence-corrected chi connectivity index (χ4v) is 3.44. The number of halogens is 4. The van der Waals surface area contributed by atoms with Gasteiger partial charge in [0.15, 0.2) is 0 Å². The lowest BCUT2D eigenvalue weighted by Crippen LogP contribution is -2.21. The first-order chi connectivity index (χ1) is 13.8. The van der Waals surface area contributed by atoms with Crippen LogP contribution in [0.2, 0.25) is 0 Å². The van der Waals surface area contributed by atoms with Crippen molar-refractivity contribution in [1.82, 2.24) is 14.8 Å². The number of hydrogen-bond acceptors (Lipinski definition) is 4. The molecule has 0 fully saturated rings. The minimum atomic E-state index is -4.53. The largest absolute Gasteiger partial charge is 0.496 e. The molecule has 5 nitrogen and oxygen atoms in total. The molecule has 0 N–H and O–H groups in total. The number of aromatic nitrogens is 3. The summed E-state index contributed by atoms with van der Waals surface area (Å²) in [7, 11) is 1.19. The van der Waals surface area contributed by atoms with Gasteiger partial charge in [-0.2, -0.15) is 22.7 Å². The van der Waals surface area contributed by atoms with Crippen LogP contribution in [0.3, 0.4) is 0 Å². The van der Waals surface area contributed by atoms with Crippen LogP contribution in [0.25, 0.3) is 16.9 Å². The minimum absolute atomic E-state index is 0.0867. The van der Waals surface area contributed by atoms with Crippen LogP contribution in [0.15, 0.2) is 36.5 Å². The van der Waals surface area contributed by atoms with E-state index >= 15 is 0 Å². The highest BCUT2D eigenvalue weighted by Crippen LogP contribution is 2.38. The van der Waals surface area contributed by atoms with Crippen molar-refractivity contribution < 1.29 is 27.0 Å². The van der Waals surface area contributed by atoms with E-state index in [0.717, 1.165) is 17.3 Å². The van der Waals surface area contributed by atoms with E-state index < -0.39 is 17.7 Å². The molecule has 29 heavy (non-hydrogen) atoms. The third-order valence-electron chi connectivity index (χ3n) is 4.82. The Balaban J connectivity index is 1.88. The van der Waals surface area contributed by atoms with Gasteiger partial charge in [0.25, 0.3) is 0 Å². The van der Waals surface area contributed by atoms with Gasteiger partial charge in [0.1, 0.15) is 5.75 Å². The second-order valence-corrected chi connectivity index (χ2v) is 6.76. The Morgan fingerprint density at radius 1 is 1.21 bits per heavy atom. The molecule has 1 aliphatic rings. The van der Waals surface area contributed by atoms with Crippen LogP contribution in [0.4, 0.5) is 17.6 Å². The summed E-state index contributed by atoms with van der Waals surface area (Å²) >= 11 is 0. The predicted octanol–water partition coefficient (Wildman–Crippen LogP) is 4.56. The van der Waals surface area contributed by atoms with E-state index in [4.69, 9.17) is 9.47 Å². The molecule has 0 bridgehead atoms. The van der Waals surface area contributed by atoms with Crippen LogP contribution in [0.5, 0.6) is 5.75 Å². The standard InChI is InChI=1S/C20H17F4N3O2/c1-11-7-16-14(10-29-11)19(12-5-6-25-18(21)8-12)26-27(16)13-3-4-15(20(22,23)24)17(9-13)28-2/h3-6,8-9,11H,7,10H2,1-2H3. The van der Waals surface area contributed by atoms with E-state index in [1.54, 1.807) is 10.7 Å². The van der Waals surface area contributed by atoms with Crippen molar-refractivity contribution in [2.75, 3.05) is 7.11 Å². The highest BCUT2D eigenvalue weighted by atomic mass is 19.4. The number of rotatable bonds is 3. The first-order valence-corrected chi connectivity index (χ1v) is 8.88. The second-order valence-electron chi connectivity index (χ2n) is 6.76. The second kappa shape index (κ2) is 7.14. The summed E-state index contributed by atoms with van der Waals surface area (Å²) in [6.07, 6.45) is -2.77. The molecule has 1 aliphatic heterocycles. The van der Waals surface area contributed by atoms with Crippen LogP contribution < -0.4 is 4.74 Å². The first kappa shape index (κ1) is 19.4. The van der Waals surface area contributed by atoms with Crippen LogP contribution in [-0.2, 0) is 23.9 Å². The normalized spacial score (nSPS) is 16.6. The summed E-state index contributed by atoms with van der Waals surface area (Å²) in [5.74, 6) is -0.942. The summed E-state index contributed by atoms with van der Waals surface area (Å²) < 4.78 is 65.5. The molecule has 1 unspecified atom stereocenters. The molecular formula is C20H17F4N3O2. The third-order valence-corrected chi connectivity index (χ3v) is 4.82. The van der Waals surface area contributed by atoms with Crippen molar-refractivity contribution in [3.63, 3.8) is 0 Å². The minimum Gasteiger partial charge on any atom is -0.496 e. The number of pyridine rings is 1. The molecule has 0 aliphatic carbocycles. The topological polar surface area (TPSA) is 49.2 Å². The monoisotopic (exact) mass is 407 g/mol. The average Bonchev–Trinajstić information content (AvgIpc) is 3.05. The molecule has 0 saturated heterocycles. The van der Waals surface area contributed by atoms with E-state index in [1.165, 1.54) is 31.5 Å². The lowest BCUT2D eigenvalue weighted by atomic mass is 10.0. The first-order valence-electron chi connectivity index (χ1n) is 8.88. The maximum atomic E-state index is 13.6. The highest BCUT2D eigenvalue weighted by Gasteiger charge is 2.35. The summed E-state index contributed by atoms with van der Waals surface area (Å²) in [6, 6.07) is 6.50. The van der Waals surface area contributed by atoms with Crippen LogP contribution in [0.1, 0.15) is 23.7 Å². The number of ether oxygens (including phenoxy) is 2. The maximum Gasteiger partial charge on any atom is 0.419 e. The van der Waals surface area contributed by atoms with Gasteiger partial charge in [0.2, 0.25) is 5.95 Å². The van der Waals surface area contributed by atoms with Crippen molar-refractivity contribution in [3.8, 4) is 22.7 Å². The molecule has 3 heterocycles. The van der Waals surface area contributed by atoms with Gasteiger partial charge in [0, 0.05) is 35.9 Å². The molecule has 4 rings (SSSR count). The highest BCUT2D eigenvalue weighted by molar-refractivity contribution is 5.65. The molecule has 0 amide bonds. The number of nitrogens with zero attached hydrogens (tertiary/aromatic N) is 3. The number of hydrogen-bond donors (Lipinski definition) is 0. The molecule has 152 valence electrons. The van der Waals surface area contributed by atoms with E-state index in [1.807, 2.05) is 6.92 Å². The van der Waals surface area contributed by atoms with Gasteiger partial charge in [-0.05, 0) is 25.1 Å². The lowest BCUT2D eigenvalue weighted by molar-refractivity contribution is -0.138. The lowest BCUT2D eigenvalue weighted by Gasteiger charge is -2.21. The summed E-state index contributed by atoms with van der Waals surface area (Å²) in [5, 5.41) is 4.58. The van der Waals surface area contributed by atoms with Crippen molar-refractivity contribution in [2.45, 2.75) is 32.2 Å². The van der Waals surface area contributed by atoms with Gasteiger partial charge < -0.3 is 9.47 Å². The van der Waals surface area contributed by atoms with Gasteiger partial charge in [-0.1, -0.05) is 0 Å². The van der Waals surface area contributed by atoms with Crippen molar-refractivity contribution >= 4 is 0 Å². The van der Waals surface area contributed by atoms with Crippen LogP contribution in [0, 0.1) is 5.95 Å². The molecule has 1 aromatic carbocycles. The summed E-state index contributed by atoms with van der Waals surface area (Å²) in [4.78, 5) is 3.55. The zero-order valence-electron chi connectivity index (χ0n) is 15.6. The van der Waals surface area contributed by atoms with Crippen LogP contribution >= 0.6 is 0 Å². The van der Waals surface area contributed by atoms with Gasteiger partial charge in [-0.25, -0.2) is 9.67 Å². The quantitative estimate of drug-likeness (QED) is 0.472. The van der Waals surface area contributed by atoms with E-state index in [-0.39, 0.29) is 18.5 Å². The van der Waals surface area contributed by atoms with Crippen LogP contribution in [-0.4, -0.2) is 28.0 Å². The number of alkyl halides is 3. The smallest absolute Gasteiger partial charge is 0.419 e. The van der Waals surface area contributed by atoms with Gasteiger partial charge in [0.05, 0.1) is 42.5 Å². The summed E-state index contributed by atoms with van der Waals surface area (Å²) in [5.41, 5.74) is 2.15. The fraction of sp³-hybridized carbons (Fsp3) is 0.300. The molecule has 1 atom stereocenters. The predicted molar refractivity (Wildman–Crippen MR) is 96.3 cm³/mol. The molecule has 0 spiro atoms. The Labute approximate surface area is 163 Å². The molecule has 0 saturated carbocycles. The fourth-order valence-electron chi connectivity index (χ4n) is 3.44. The molecule has 3 aromatic rings. The average molecular weight is 407 g/mol. The Morgan fingerprint density at radius 3 is 2.69 bits per heavy atom. The zero-order chi connectivity index (χ0) is 20.8. The maximum absolute atomic E-state index is 13.6. The molecule has 2 aromatic heterocycles. The number of fused-ring (bicyclic) bond motifs is 1. The third kappa shape index (κ3) is 3.57. The Bertz CT molecular complexity index is 1060. The van der Waals surface area contributed by atoms with Crippen molar-refractivity contribution in [2.24, 2.45) is 0 Å². The molecule has 0 radical (unpaired) electrons. The van der Waals surface area contributed by atoms with Gasteiger partial charge in [-0.15, -0.1) is 0 Å². The summed E-state index contributed by atoms with van der Waals surface area (Å²) in [6.45, 7) is 2.17. The number of benzene rings is 1. The van der Waals surface area contributed by atoms with E-state index in [2.05, 4.69) is 10.1 Å².